The van der Waals surface area contributed by atoms with Crippen LogP contribution in [0.5, 0.6) is 0 Å². The van der Waals surface area contributed by atoms with Crippen molar-refractivity contribution in [3.8, 4) is 11.4 Å². The van der Waals surface area contributed by atoms with Gasteiger partial charge in [0.25, 0.3) is 0 Å². The van der Waals surface area contributed by atoms with Gasteiger partial charge in [-0.25, -0.2) is 4.39 Å². The lowest BCUT2D eigenvalue weighted by molar-refractivity contribution is 0.216. The Kier molecular flexibility index (Phi) is 4.43. The van der Waals surface area contributed by atoms with Gasteiger partial charge in [-0.05, 0) is 43.8 Å². The van der Waals surface area contributed by atoms with Crippen LogP contribution in [0.2, 0.25) is 0 Å². The monoisotopic (exact) mass is 312 g/mol. The van der Waals surface area contributed by atoms with Crippen molar-refractivity contribution >= 4 is 0 Å². The molecule has 2 aromatic heterocycles. The van der Waals surface area contributed by atoms with Crippen molar-refractivity contribution in [2.45, 2.75) is 19.5 Å². The van der Waals surface area contributed by atoms with Gasteiger partial charge in [-0.2, -0.15) is 4.98 Å². The molecule has 3 aromatic rings. The quantitative estimate of drug-likeness (QED) is 0.722. The van der Waals surface area contributed by atoms with Gasteiger partial charge in [0.2, 0.25) is 11.7 Å². The Bertz CT molecular complexity index is 758. The maximum Gasteiger partial charge on any atom is 0.241 e. The summed E-state index contributed by atoms with van der Waals surface area (Å²) >= 11 is 0. The van der Waals surface area contributed by atoms with Crippen molar-refractivity contribution in [1.82, 2.24) is 20.0 Å². The van der Waals surface area contributed by atoms with Crippen LogP contribution in [0.25, 0.3) is 11.4 Å². The van der Waals surface area contributed by atoms with Crippen molar-refractivity contribution in [2.75, 3.05) is 7.05 Å². The summed E-state index contributed by atoms with van der Waals surface area (Å²) in [7, 11) is 1.96. The number of aromatic nitrogens is 3. The first-order valence-corrected chi connectivity index (χ1v) is 7.32. The minimum Gasteiger partial charge on any atom is -0.338 e. The highest BCUT2D eigenvalue weighted by molar-refractivity contribution is 5.52. The number of halogens is 1. The predicted molar refractivity (Wildman–Crippen MR) is 83.8 cm³/mol. The van der Waals surface area contributed by atoms with E-state index in [1.807, 2.05) is 26.1 Å². The number of hydrogen-bond donors (Lipinski definition) is 0. The maximum atomic E-state index is 13.0. The van der Waals surface area contributed by atoms with Gasteiger partial charge in [-0.3, -0.25) is 9.88 Å². The van der Waals surface area contributed by atoms with Crippen molar-refractivity contribution in [1.29, 1.82) is 0 Å². The third kappa shape index (κ3) is 3.60. The molecule has 118 valence electrons. The first-order valence-electron chi connectivity index (χ1n) is 7.32. The minimum atomic E-state index is -0.234. The SMILES string of the molecule is CC(c1ccc(F)cc1)N(C)Cc1nc(-c2ccncc2)no1. The number of benzene rings is 1. The molecule has 0 aliphatic carbocycles. The van der Waals surface area contributed by atoms with E-state index in [4.69, 9.17) is 4.52 Å². The molecular weight excluding hydrogens is 295 g/mol. The van der Waals surface area contributed by atoms with Crippen LogP contribution in [0.15, 0.2) is 53.3 Å². The Morgan fingerprint density at radius 3 is 2.52 bits per heavy atom. The average molecular weight is 312 g/mol. The van der Waals surface area contributed by atoms with Crippen LogP contribution in [0, 0.1) is 5.82 Å². The molecule has 6 heteroatoms. The normalized spacial score (nSPS) is 12.5. The molecule has 3 rings (SSSR count). The van der Waals surface area contributed by atoms with Crippen LogP contribution >= 0.6 is 0 Å². The summed E-state index contributed by atoms with van der Waals surface area (Å²) in [6, 6.07) is 10.3. The molecule has 0 bridgehead atoms. The Balaban J connectivity index is 1.69. The molecule has 1 unspecified atom stereocenters. The van der Waals surface area contributed by atoms with Gasteiger partial charge in [0.05, 0.1) is 6.54 Å². The summed E-state index contributed by atoms with van der Waals surface area (Å²) in [4.78, 5) is 10.4. The Labute approximate surface area is 133 Å². The molecule has 0 saturated heterocycles. The molecule has 0 saturated carbocycles. The van der Waals surface area contributed by atoms with Crippen LogP contribution < -0.4 is 0 Å². The first-order chi connectivity index (χ1) is 11.1. The maximum absolute atomic E-state index is 13.0. The third-order valence-corrected chi connectivity index (χ3v) is 3.80. The second-order valence-electron chi connectivity index (χ2n) is 5.39. The fraction of sp³-hybridized carbons (Fsp3) is 0.235. The number of pyridine rings is 1. The molecule has 0 radical (unpaired) electrons. The van der Waals surface area contributed by atoms with Gasteiger partial charge in [0, 0.05) is 24.0 Å². The van der Waals surface area contributed by atoms with E-state index >= 15 is 0 Å². The van der Waals surface area contributed by atoms with Crippen LogP contribution in [-0.4, -0.2) is 27.1 Å². The van der Waals surface area contributed by atoms with E-state index in [1.54, 1.807) is 24.5 Å². The highest BCUT2D eigenvalue weighted by Gasteiger charge is 2.16. The highest BCUT2D eigenvalue weighted by Crippen LogP contribution is 2.21. The lowest BCUT2D eigenvalue weighted by Gasteiger charge is -2.23. The largest absolute Gasteiger partial charge is 0.338 e. The summed E-state index contributed by atoms with van der Waals surface area (Å²) in [5.41, 5.74) is 1.90. The zero-order valence-electron chi connectivity index (χ0n) is 13.0. The zero-order chi connectivity index (χ0) is 16.2. The van der Waals surface area contributed by atoms with Gasteiger partial charge in [0.1, 0.15) is 5.82 Å². The van der Waals surface area contributed by atoms with Crippen molar-refractivity contribution in [2.24, 2.45) is 0 Å². The minimum absolute atomic E-state index is 0.104. The standard InChI is InChI=1S/C17H17FN4O/c1-12(13-3-5-15(18)6-4-13)22(2)11-16-20-17(21-23-16)14-7-9-19-10-8-14/h3-10,12H,11H2,1-2H3. The van der Waals surface area contributed by atoms with Gasteiger partial charge in [0.15, 0.2) is 0 Å². The number of nitrogens with zero attached hydrogens (tertiary/aromatic N) is 4. The lowest BCUT2D eigenvalue weighted by atomic mass is 10.1. The zero-order valence-corrected chi connectivity index (χ0v) is 13.0. The third-order valence-electron chi connectivity index (χ3n) is 3.80. The van der Waals surface area contributed by atoms with Crippen LogP contribution in [-0.2, 0) is 6.54 Å². The van der Waals surface area contributed by atoms with Gasteiger partial charge >= 0.3 is 0 Å². The smallest absolute Gasteiger partial charge is 0.241 e. The molecular formula is C17H17FN4O. The van der Waals surface area contributed by atoms with E-state index in [0.717, 1.165) is 11.1 Å². The number of hydrogen-bond acceptors (Lipinski definition) is 5. The summed E-state index contributed by atoms with van der Waals surface area (Å²) in [5, 5.41) is 3.99. The fourth-order valence-electron chi connectivity index (χ4n) is 2.28. The van der Waals surface area contributed by atoms with Gasteiger partial charge in [-0.1, -0.05) is 17.3 Å². The average Bonchev–Trinajstić information content (AvgIpc) is 3.04. The van der Waals surface area contributed by atoms with E-state index in [1.165, 1.54) is 12.1 Å². The molecule has 0 spiro atoms. The topological polar surface area (TPSA) is 55.1 Å². The van der Waals surface area contributed by atoms with Crippen LogP contribution in [0.1, 0.15) is 24.4 Å². The van der Waals surface area contributed by atoms with Gasteiger partial charge in [-0.15, -0.1) is 0 Å². The summed E-state index contributed by atoms with van der Waals surface area (Å²) in [6.45, 7) is 2.56. The van der Waals surface area contributed by atoms with Gasteiger partial charge < -0.3 is 4.52 Å². The molecule has 0 aliphatic heterocycles. The molecule has 1 aromatic carbocycles. The second-order valence-corrected chi connectivity index (χ2v) is 5.39. The van der Waals surface area contributed by atoms with E-state index in [-0.39, 0.29) is 11.9 Å². The van der Waals surface area contributed by atoms with Crippen molar-refractivity contribution < 1.29 is 8.91 Å². The second kappa shape index (κ2) is 6.66. The molecule has 0 fully saturated rings. The highest BCUT2D eigenvalue weighted by atomic mass is 19.1. The predicted octanol–water partition coefficient (Wildman–Crippen LogP) is 3.46. The molecule has 5 nitrogen and oxygen atoms in total. The lowest BCUT2D eigenvalue weighted by Crippen LogP contribution is -2.22. The summed E-state index contributed by atoms with van der Waals surface area (Å²) in [5.74, 6) is 0.848. The molecule has 0 N–H and O–H groups in total. The summed E-state index contributed by atoms with van der Waals surface area (Å²) in [6.07, 6.45) is 3.38. The Hall–Kier alpha value is -2.60. The summed E-state index contributed by atoms with van der Waals surface area (Å²) < 4.78 is 18.3. The van der Waals surface area contributed by atoms with E-state index < -0.39 is 0 Å². The Morgan fingerprint density at radius 1 is 1.13 bits per heavy atom. The number of rotatable bonds is 5. The van der Waals surface area contributed by atoms with Crippen LogP contribution in [0.3, 0.4) is 0 Å². The molecule has 0 amide bonds. The van der Waals surface area contributed by atoms with E-state index in [2.05, 4.69) is 20.0 Å². The Morgan fingerprint density at radius 2 is 1.83 bits per heavy atom. The van der Waals surface area contributed by atoms with E-state index in [9.17, 15) is 4.39 Å². The van der Waals surface area contributed by atoms with E-state index in [0.29, 0.717) is 18.3 Å². The molecule has 1 atom stereocenters. The fourth-order valence-corrected chi connectivity index (χ4v) is 2.28. The molecule has 2 heterocycles. The van der Waals surface area contributed by atoms with Crippen LogP contribution in [0.4, 0.5) is 4.39 Å². The van der Waals surface area contributed by atoms with Crippen molar-refractivity contribution in [3.05, 3.63) is 66.1 Å². The van der Waals surface area contributed by atoms with Crippen molar-refractivity contribution in [3.63, 3.8) is 0 Å². The first kappa shape index (κ1) is 15.3. The molecule has 0 aliphatic rings. The molecule has 23 heavy (non-hydrogen) atoms.